The van der Waals surface area contributed by atoms with Gasteiger partial charge in [-0.25, -0.2) is 9.38 Å². The predicted octanol–water partition coefficient (Wildman–Crippen LogP) is 1.57. The average molecular weight is 248 g/mol. The lowest BCUT2D eigenvalue weighted by molar-refractivity contribution is -0.111. The van der Waals surface area contributed by atoms with Crippen molar-refractivity contribution in [3.63, 3.8) is 0 Å². The number of nitrogens with one attached hydrogen (secondary N) is 1. The van der Waals surface area contributed by atoms with Crippen LogP contribution in [0.3, 0.4) is 0 Å². The molecule has 0 unspecified atom stereocenters. The fourth-order valence-corrected chi connectivity index (χ4v) is 1.12. The molecule has 0 bridgehead atoms. The Labute approximate surface area is 104 Å². The van der Waals surface area contributed by atoms with Gasteiger partial charge in [0, 0.05) is 11.9 Å². The van der Waals surface area contributed by atoms with E-state index >= 15 is 0 Å². The van der Waals surface area contributed by atoms with Crippen LogP contribution in [0.5, 0.6) is 0 Å². The van der Waals surface area contributed by atoms with Crippen LogP contribution >= 0.6 is 0 Å². The zero-order valence-electron chi connectivity index (χ0n) is 9.56. The molecule has 1 aromatic rings. The number of benzene rings is 1. The van der Waals surface area contributed by atoms with Gasteiger partial charge in [-0.05, 0) is 24.3 Å². The van der Waals surface area contributed by atoms with Crippen LogP contribution in [-0.4, -0.2) is 11.7 Å². The molecule has 0 heterocycles. The number of anilines is 1. The number of carbonyl (C=O) groups excluding carboxylic acids is 1. The molecule has 0 aliphatic carbocycles. The topological polar surface area (TPSA) is 93.5 Å². The summed E-state index contributed by atoms with van der Waals surface area (Å²) >= 11 is 0. The standard InChI is InChI=1S/C12H13FN4O/c1-2-11(18)16-8-4-3-5-9(6-8)17-12(15)10(13)7-14/h2-7H,1,14H2,(H2,15,17)(H,16,18). The van der Waals surface area contributed by atoms with Gasteiger partial charge < -0.3 is 16.8 Å². The summed E-state index contributed by atoms with van der Waals surface area (Å²) in [7, 11) is 0. The fourth-order valence-electron chi connectivity index (χ4n) is 1.12. The van der Waals surface area contributed by atoms with Gasteiger partial charge in [0.2, 0.25) is 5.91 Å². The van der Waals surface area contributed by atoms with Gasteiger partial charge in [0.25, 0.3) is 0 Å². The third-order valence-corrected chi connectivity index (χ3v) is 1.94. The van der Waals surface area contributed by atoms with Crippen LogP contribution < -0.4 is 16.8 Å². The first-order valence-electron chi connectivity index (χ1n) is 5.02. The number of amidine groups is 1. The summed E-state index contributed by atoms with van der Waals surface area (Å²) < 4.78 is 13.0. The molecule has 18 heavy (non-hydrogen) atoms. The van der Waals surface area contributed by atoms with Crippen LogP contribution in [0.1, 0.15) is 0 Å². The molecular formula is C12H13FN4O. The monoisotopic (exact) mass is 248 g/mol. The van der Waals surface area contributed by atoms with E-state index < -0.39 is 5.83 Å². The SMILES string of the molecule is C=CC(=O)Nc1cccc(N=C(N)C(F)=CN)c1. The molecule has 6 heteroatoms. The summed E-state index contributed by atoms with van der Waals surface area (Å²) in [6, 6.07) is 6.46. The molecule has 1 rings (SSSR count). The number of nitrogens with zero attached hydrogens (tertiary/aromatic N) is 1. The molecule has 0 aliphatic rings. The van der Waals surface area contributed by atoms with Crippen molar-refractivity contribution in [1.29, 1.82) is 0 Å². The smallest absolute Gasteiger partial charge is 0.247 e. The summed E-state index contributed by atoms with van der Waals surface area (Å²) in [6.07, 6.45) is 1.86. The van der Waals surface area contributed by atoms with Crippen LogP contribution in [0, 0.1) is 0 Å². The van der Waals surface area contributed by atoms with E-state index in [1.165, 1.54) is 6.07 Å². The number of halogens is 1. The molecule has 0 saturated carbocycles. The van der Waals surface area contributed by atoms with E-state index in [1.54, 1.807) is 18.2 Å². The van der Waals surface area contributed by atoms with Crippen molar-refractivity contribution in [2.24, 2.45) is 16.5 Å². The van der Waals surface area contributed by atoms with Crippen LogP contribution in [0.25, 0.3) is 0 Å². The second kappa shape index (κ2) is 6.19. The summed E-state index contributed by atoms with van der Waals surface area (Å²) in [5.74, 6) is -1.49. The van der Waals surface area contributed by atoms with Crippen molar-refractivity contribution in [3.05, 3.63) is 48.9 Å². The molecule has 94 valence electrons. The van der Waals surface area contributed by atoms with Crippen molar-refractivity contribution in [1.82, 2.24) is 0 Å². The first kappa shape index (κ1) is 13.4. The Kier molecular flexibility index (Phi) is 4.62. The highest BCUT2D eigenvalue weighted by atomic mass is 19.1. The van der Waals surface area contributed by atoms with Crippen LogP contribution in [-0.2, 0) is 4.79 Å². The maximum Gasteiger partial charge on any atom is 0.247 e. The fraction of sp³-hybridized carbons (Fsp3) is 0. The highest BCUT2D eigenvalue weighted by Crippen LogP contribution is 2.18. The van der Waals surface area contributed by atoms with Gasteiger partial charge in [-0.1, -0.05) is 12.6 Å². The Morgan fingerprint density at radius 3 is 2.83 bits per heavy atom. The number of aliphatic imine (C=N–C) groups is 1. The van der Waals surface area contributed by atoms with Crippen molar-refractivity contribution in [2.45, 2.75) is 0 Å². The lowest BCUT2D eigenvalue weighted by Gasteiger charge is -2.03. The van der Waals surface area contributed by atoms with Gasteiger partial charge in [-0.15, -0.1) is 0 Å². The van der Waals surface area contributed by atoms with E-state index in [0.29, 0.717) is 11.4 Å². The van der Waals surface area contributed by atoms with E-state index in [1.807, 2.05) is 0 Å². The predicted molar refractivity (Wildman–Crippen MR) is 69.9 cm³/mol. The number of hydrogen-bond acceptors (Lipinski definition) is 3. The van der Waals surface area contributed by atoms with Gasteiger partial charge in [0.15, 0.2) is 11.7 Å². The molecule has 0 spiro atoms. The molecule has 0 fully saturated rings. The van der Waals surface area contributed by atoms with E-state index in [-0.39, 0.29) is 11.7 Å². The maximum absolute atomic E-state index is 13.0. The van der Waals surface area contributed by atoms with Gasteiger partial charge >= 0.3 is 0 Å². The lowest BCUT2D eigenvalue weighted by atomic mass is 10.2. The Hall–Kier alpha value is -2.63. The molecule has 0 aliphatic heterocycles. The molecule has 1 amide bonds. The summed E-state index contributed by atoms with van der Waals surface area (Å²) in [5, 5.41) is 2.55. The average Bonchev–Trinajstić information content (AvgIpc) is 2.37. The number of rotatable bonds is 4. The van der Waals surface area contributed by atoms with E-state index in [4.69, 9.17) is 11.5 Å². The molecule has 0 radical (unpaired) electrons. The second-order valence-electron chi connectivity index (χ2n) is 3.26. The lowest BCUT2D eigenvalue weighted by Crippen LogP contribution is -2.12. The third kappa shape index (κ3) is 3.75. The Bertz CT molecular complexity index is 523. The van der Waals surface area contributed by atoms with E-state index in [2.05, 4.69) is 16.9 Å². The summed E-state index contributed by atoms with van der Waals surface area (Å²) in [5.41, 5.74) is 11.2. The maximum atomic E-state index is 13.0. The van der Waals surface area contributed by atoms with Gasteiger partial charge in [-0.3, -0.25) is 4.79 Å². The highest BCUT2D eigenvalue weighted by molar-refractivity contribution is 5.99. The van der Waals surface area contributed by atoms with E-state index in [9.17, 15) is 9.18 Å². The number of nitrogens with two attached hydrogens (primary N) is 2. The zero-order chi connectivity index (χ0) is 13.5. The van der Waals surface area contributed by atoms with Gasteiger partial charge in [0.1, 0.15) is 0 Å². The number of carbonyl (C=O) groups is 1. The van der Waals surface area contributed by atoms with Crippen molar-refractivity contribution < 1.29 is 9.18 Å². The first-order valence-corrected chi connectivity index (χ1v) is 5.02. The molecule has 1 aromatic carbocycles. The van der Waals surface area contributed by atoms with Gasteiger partial charge in [-0.2, -0.15) is 0 Å². The summed E-state index contributed by atoms with van der Waals surface area (Å²) in [4.78, 5) is 14.9. The van der Waals surface area contributed by atoms with E-state index in [0.717, 1.165) is 12.3 Å². The quantitative estimate of drug-likeness (QED) is 0.429. The molecule has 5 nitrogen and oxygen atoms in total. The first-order chi connectivity index (χ1) is 8.56. The minimum absolute atomic E-state index is 0.329. The van der Waals surface area contributed by atoms with Crippen LogP contribution in [0.15, 0.2) is 53.9 Å². The van der Waals surface area contributed by atoms with Gasteiger partial charge in [0.05, 0.1) is 5.69 Å². The third-order valence-electron chi connectivity index (χ3n) is 1.94. The van der Waals surface area contributed by atoms with Crippen LogP contribution in [0.4, 0.5) is 15.8 Å². The normalized spacial score (nSPS) is 12.1. The molecular weight excluding hydrogens is 235 g/mol. The highest BCUT2D eigenvalue weighted by Gasteiger charge is 2.02. The Morgan fingerprint density at radius 2 is 2.22 bits per heavy atom. The molecule has 0 aromatic heterocycles. The summed E-state index contributed by atoms with van der Waals surface area (Å²) in [6.45, 7) is 3.33. The molecule has 0 atom stereocenters. The minimum atomic E-state index is -0.810. The Morgan fingerprint density at radius 1 is 1.50 bits per heavy atom. The zero-order valence-corrected chi connectivity index (χ0v) is 9.56. The van der Waals surface area contributed by atoms with Crippen LogP contribution in [0.2, 0.25) is 0 Å². The number of hydrogen-bond donors (Lipinski definition) is 3. The molecule has 0 saturated heterocycles. The van der Waals surface area contributed by atoms with Crippen molar-refractivity contribution >= 4 is 23.1 Å². The second-order valence-corrected chi connectivity index (χ2v) is 3.26. The molecule has 5 N–H and O–H groups in total. The number of amides is 1. The van der Waals surface area contributed by atoms with Crippen molar-refractivity contribution in [2.75, 3.05) is 5.32 Å². The van der Waals surface area contributed by atoms with Crippen molar-refractivity contribution in [3.8, 4) is 0 Å². The largest absolute Gasteiger partial charge is 0.402 e. The minimum Gasteiger partial charge on any atom is -0.402 e. The Balaban J connectivity index is 2.95.